The van der Waals surface area contributed by atoms with Gasteiger partial charge in [0.1, 0.15) is 11.3 Å². The van der Waals surface area contributed by atoms with E-state index in [0.29, 0.717) is 41.4 Å². The van der Waals surface area contributed by atoms with Gasteiger partial charge in [-0.3, -0.25) is 9.78 Å². The number of fused-ring (bicyclic) bond motifs is 2. The highest BCUT2D eigenvalue weighted by atomic mass is 16.4. The number of unbranched alkanes of at least 4 members (excludes halogenated alkanes) is 1. The molecule has 2 N–H and O–H groups in total. The number of carbonyl (C=O) groups is 1. The van der Waals surface area contributed by atoms with Crippen LogP contribution in [0.1, 0.15) is 24.8 Å². The van der Waals surface area contributed by atoms with Crippen molar-refractivity contribution < 1.29 is 14.3 Å². The van der Waals surface area contributed by atoms with Crippen LogP contribution in [0.15, 0.2) is 88.2 Å². The van der Waals surface area contributed by atoms with E-state index in [4.69, 9.17) is 9.40 Å². The van der Waals surface area contributed by atoms with E-state index in [1.165, 1.54) is 0 Å². The highest BCUT2D eigenvalue weighted by molar-refractivity contribution is 6.00. The first-order valence-corrected chi connectivity index (χ1v) is 11.4. The van der Waals surface area contributed by atoms with Crippen LogP contribution in [0.5, 0.6) is 5.75 Å². The molecule has 2 aromatic carbocycles. The Balaban J connectivity index is 1.24. The fourth-order valence-corrected chi connectivity index (χ4v) is 4.10. The van der Waals surface area contributed by atoms with Gasteiger partial charge in [-0.05, 0) is 55.7 Å². The summed E-state index contributed by atoms with van der Waals surface area (Å²) >= 11 is 0. The molecule has 0 bridgehead atoms. The molecule has 3 aromatic heterocycles. The summed E-state index contributed by atoms with van der Waals surface area (Å²) in [5, 5.41) is 14.9. The number of pyridine rings is 2. The maximum Gasteiger partial charge on any atom is 0.343 e. The van der Waals surface area contributed by atoms with Crippen molar-refractivity contribution in [2.24, 2.45) is 0 Å². The Bertz CT molecular complexity index is 1580. The van der Waals surface area contributed by atoms with Crippen LogP contribution in [0.4, 0.5) is 5.69 Å². The lowest BCUT2D eigenvalue weighted by Gasteiger charge is -2.10. The third kappa shape index (κ3) is 4.75. The predicted molar refractivity (Wildman–Crippen MR) is 135 cm³/mol. The first-order chi connectivity index (χ1) is 17.1. The number of nitrogens with zero attached hydrogens (tertiary/aromatic N) is 2. The number of benzene rings is 2. The predicted octanol–water partition coefficient (Wildman–Crippen LogP) is 5.46. The SMILES string of the molecule is O=C(CCCCc1c(O)c2ccccc2oc1=O)Nc1cccc2ccc(-c3ccccn3)nc12. The molecular weight excluding hydrogens is 442 g/mol. The largest absolute Gasteiger partial charge is 0.507 e. The smallest absolute Gasteiger partial charge is 0.343 e. The fraction of sp³-hybridized carbons (Fsp3) is 0.143. The molecule has 5 rings (SSSR count). The zero-order valence-electron chi connectivity index (χ0n) is 18.9. The van der Waals surface area contributed by atoms with E-state index in [1.807, 2.05) is 48.5 Å². The molecule has 0 spiro atoms. The summed E-state index contributed by atoms with van der Waals surface area (Å²) < 4.78 is 5.31. The molecular formula is C28H23N3O4. The summed E-state index contributed by atoms with van der Waals surface area (Å²) in [6.45, 7) is 0. The third-order valence-electron chi connectivity index (χ3n) is 5.88. The second-order valence-corrected chi connectivity index (χ2v) is 8.26. The van der Waals surface area contributed by atoms with Crippen LogP contribution in [-0.2, 0) is 11.2 Å². The average molecular weight is 466 g/mol. The number of aromatic nitrogens is 2. The number of anilines is 1. The molecule has 0 atom stereocenters. The number of hydrogen-bond acceptors (Lipinski definition) is 6. The minimum atomic E-state index is -0.545. The summed E-state index contributed by atoms with van der Waals surface area (Å²) in [6, 6.07) is 22.0. The summed E-state index contributed by atoms with van der Waals surface area (Å²) in [6.07, 6.45) is 3.43. The average Bonchev–Trinajstić information content (AvgIpc) is 2.88. The molecule has 0 fully saturated rings. The van der Waals surface area contributed by atoms with Crippen molar-refractivity contribution in [2.75, 3.05) is 5.32 Å². The molecule has 7 nitrogen and oxygen atoms in total. The molecule has 0 aliphatic rings. The van der Waals surface area contributed by atoms with Gasteiger partial charge in [0.15, 0.2) is 0 Å². The van der Waals surface area contributed by atoms with E-state index in [9.17, 15) is 14.7 Å². The first-order valence-electron chi connectivity index (χ1n) is 11.4. The minimum Gasteiger partial charge on any atom is -0.507 e. The molecule has 35 heavy (non-hydrogen) atoms. The van der Waals surface area contributed by atoms with E-state index < -0.39 is 5.63 Å². The number of aromatic hydroxyl groups is 1. The van der Waals surface area contributed by atoms with Crippen LogP contribution < -0.4 is 10.9 Å². The van der Waals surface area contributed by atoms with Crippen molar-refractivity contribution in [2.45, 2.75) is 25.7 Å². The van der Waals surface area contributed by atoms with Crippen molar-refractivity contribution in [1.29, 1.82) is 0 Å². The normalized spacial score (nSPS) is 11.1. The molecule has 0 saturated heterocycles. The molecule has 7 heteroatoms. The van der Waals surface area contributed by atoms with Gasteiger partial charge in [-0.1, -0.05) is 36.4 Å². The molecule has 0 aliphatic heterocycles. The van der Waals surface area contributed by atoms with Crippen molar-refractivity contribution >= 4 is 33.5 Å². The van der Waals surface area contributed by atoms with Gasteiger partial charge in [-0.15, -0.1) is 0 Å². The van der Waals surface area contributed by atoms with Gasteiger partial charge in [0.2, 0.25) is 5.91 Å². The van der Waals surface area contributed by atoms with E-state index in [-0.39, 0.29) is 23.6 Å². The Labute approximate surface area is 201 Å². The topological polar surface area (TPSA) is 105 Å². The maximum atomic E-state index is 12.7. The highest BCUT2D eigenvalue weighted by Crippen LogP contribution is 2.28. The van der Waals surface area contributed by atoms with Gasteiger partial charge in [0.05, 0.1) is 33.5 Å². The second-order valence-electron chi connectivity index (χ2n) is 8.26. The molecule has 0 unspecified atom stereocenters. The Hall–Kier alpha value is -4.52. The lowest BCUT2D eigenvalue weighted by Crippen LogP contribution is -2.12. The zero-order chi connectivity index (χ0) is 24.2. The Kier molecular flexibility index (Phi) is 6.22. The molecule has 174 valence electrons. The number of nitrogens with one attached hydrogen (secondary N) is 1. The zero-order valence-corrected chi connectivity index (χ0v) is 18.9. The van der Waals surface area contributed by atoms with Gasteiger partial charge >= 0.3 is 5.63 Å². The highest BCUT2D eigenvalue weighted by Gasteiger charge is 2.14. The molecule has 3 heterocycles. The standard InChI is InChI=1S/C28H23N3O4/c32-25(14-4-2-10-20-27(33)19-9-1-3-13-24(19)35-28(20)34)30-23-12-7-8-18-15-16-22(31-26(18)23)21-11-5-6-17-29-21/h1,3,5-9,11-13,15-17,33H,2,4,10,14H2,(H,30,32). The number of carbonyl (C=O) groups excluding carboxylic acids is 1. The molecule has 5 aromatic rings. The van der Waals surface area contributed by atoms with Crippen LogP contribution in [0.2, 0.25) is 0 Å². The first kappa shape index (κ1) is 22.3. The van der Waals surface area contributed by atoms with Gasteiger partial charge in [-0.2, -0.15) is 0 Å². The van der Waals surface area contributed by atoms with Crippen molar-refractivity contribution in [3.63, 3.8) is 0 Å². The number of rotatable bonds is 7. The maximum absolute atomic E-state index is 12.7. The van der Waals surface area contributed by atoms with Gasteiger partial charge in [-0.25, -0.2) is 9.78 Å². The monoisotopic (exact) mass is 465 g/mol. The van der Waals surface area contributed by atoms with Crippen LogP contribution in [0, 0.1) is 0 Å². The van der Waals surface area contributed by atoms with Crippen LogP contribution >= 0.6 is 0 Å². The van der Waals surface area contributed by atoms with Crippen LogP contribution in [0.25, 0.3) is 33.3 Å². The van der Waals surface area contributed by atoms with E-state index in [2.05, 4.69) is 10.3 Å². The number of hydrogen-bond donors (Lipinski definition) is 2. The van der Waals surface area contributed by atoms with E-state index >= 15 is 0 Å². The Morgan fingerprint density at radius 2 is 1.77 bits per heavy atom. The van der Waals surface area contributed by atoms with E-state index in [1.54, 1.807) is 30.5 Å². The summed E-state index contributed by atoms with van der Waals surface area (Å²) in [4.78, 5) is 34.0. The summed E-state index contributed by atoms with van der Waals surface area (Å²) in [7, 11) is 0. The van der Waals surface area contributed by atoms with Gasteiger partial charge in [0.25, 0.3) is 0 Å². The quantitative estimate of drug-likeness (QED) is 0.244. The second kappa shape index (κ2) is 9.77. The fourth-order valence-electron chi connectivity index (χ4n) is 4.10. The number of para-hydroxylation sites is 2. The Morgan fingerprint density at radius 1 is 0.914 bits per heavy atom. The van der Waals surface area contributed by atoms with Gasteiger partial charge in [0, 0.05) is 18.0 Å². The van der Waals surface area contributed by atoms with Crippen molar-refractivity contribution in [1.82, 2.24) is 9.97 Å². The molecule has 0 radical (unpaired) electrons. The van der Waals surface area contributed by atoms with Crippen LogP contribution in [-0.4, -0.2) is 21.0 Å². The minimum absolute atomic E-state index is 0.0492. The summed E-state index contributed by atoms with van der Waals surface area (Å²) in [5.41, 5.74) is 2.88. The number of amides is 1. The molecule has 0 aliphatic carbocycles. The van der Waals surface area contributed by atoms with Crippen molar-refractivity contribution in [3.05, 3.63) is 95.0 Å². The van der Waals surface area contributed by atoms with Crippen molar-refractivity contribution in [3.8, 4) is 17.1 Å². The molecule has 1 amide bonds. The van der Waals surface area contributed by atoms with Crippen LogP contribution in [0.3, 0.4) is 0 Å². The van der Waals surface area contributed by atoms with E-state index in [0.717, 1.165) is 16.8 Å². The molecule has 0 saturated carbocycles. The third-order valence-corrected chi connectivity index (χ3v) is 5.88. The Morgan fingerprint density at radius 3 is 2.63 bits per heavy atom. The summed E-state index contributed by atoms with van der Waals surface area (Å²) in [5.74, 6) is -0.191. The lowest BCUT2D eigenvalue weighted by molar-refractivity contribution is -0.116. The van der Waals surface area contributed by atoms with Gasteiger partial charge < -0.3 is 14.8 Å². The lowest BCUT2D eigenvalue weighted by atomic mass is 10.1.